The minimum absolute atomic E-state index is 0.558. The molecule has 0 aromatic heterocycles. The van der Waals surface area contributed by atoms with Crippen molar-refractivity contribution >= 4 is 11.8 Å². The molecule has 0 aromatic rings. The van der Waals surface area contributed by atoms with E-state index in [4.69, 9.17) is 0 Å². The Hall–Kier alpha value is 0.310. The lowest BCUT2D eigenvalue weighted by molar-refractivity contribution is 0.197. The molecule has 1 aliphatic heterocycles. The molecule has 13 heavy (non-hydrogen) atoms. The van der Waals surface area contributed by atoms with Gasteiger partial charge in [0.2, 0.25) is 0 Å². The zero-order chi connectivity index (χ0) is 9.90. The lowest BCUT2D eigenvalue weighted by atomic mass is 10.0. The largest absolute Gasteiger partial charge is 0.299 e. The second-order valence-electron chi connectivity index (χ2n) is 4.30. The minimum atomic E-state index is 0.558. The number of hydrogen-bond donors (Lipinski definition) is 0. The van der Waals surface area contributed by atoms with E-state index in [0.717, 1.165) is 6.04 Å². The molecule has 0 radical (unpaired) electrons. The Morgan fingerprint density at radius 3 is 2.38 bits per heavy atom. The number of rotatable bonds is 3. The van der Waals surface area contributed by atoms with E-state index >= 15 is 0 Å². The molecule has 0 aliphatic carbocycles. The molecule has 0 amide bonds. The van der Waals surface area contributed by atoms with E-state index in [9.17, 15) is 0 Å². The lowest BCUT2D eigenvalue weighted by Crippen LogP contribution is -2.48. The van der Waals surface area contributed by atoms with Crippen LogP contribution in [-0.4, -0.2) is 34.5 Å². The summed E-state index contributed by atoms with van der Waals surface area (Å²) >= 11 is 2.19. The van der Waals surface area contributed by atoms with Crippen LogP contribution in [0.15, 0.2) is 0 Å². The Kier molecular flexibility index (Phi) is 4.11. The average molecular weight is 201 g/mol. The lowest BCUT2D eigenvalue weighted by Gasteiger charge is -2.43. The molecular weight excluding hydrogens is 178 g/mol. The highest BCUT2D eigenvalue weighted by molar-refractivity contribution is 8.00. The molecule has 0 aromatic carbocycles. The molecule has 0 atom stereocenters. The SMILES string of the molecule is CCC1(CC)CN(C(C)C)CCS1. The van der Waals surface area contributed by atoms with E-state index in [1.807, 2.05) is 0 Å². The number of thioether (sulfide) groups is 1. The Labute approximate surface area is 87.3 Å². The number of nitrogens with zero attached hydrogens (tertiary/aromatic N) is 1. The van der Waals surface area contributed by atoms with Gasteiger partial charge in [-0.15, -0.1) is 0 Å². The third-order valence-electron chi connectivity index (χ3n) is 3.30. The molecule has 0 bridgehead atoms. The van der Waals surface area contributed by atoms with Crippen LogP contribution in [0.25, 0.3) is 0 Å². The van der Waals surface area contributed by atoms with E-state index in [0.29, 0.717) is 4.75 Å². The first kappa shape index (κ1) is 11.4. The van der Waals surface area contributed by atoms with Crippen LogP contribution >= 0.6 is 11.8 Å². The highest BCUT2D eigenvalue weighted by Gasteiger charge is 2.33. The summed E-state index contributed by atoms with van der Waals surface area (Å²) in [7, 11) is 0. The van der Waals surface area contributed by atoms with Gasteiger partial charge in [0.15, 0.2) is 0 Å². The fourth-order valence-electron chi connectivity index (χ4n) is 1.99. The standard InChI is InChI=1S/C11H23NS/c1-5-11(6-2)9-12(10(3)4)7-8-13-11/h10H,5-9H2,1-4H3. The summed E-state index contributed by atoms with van der Waals surface area (Å²) in [4.78, 5) is 2.63. The quantitative estimate of drug-likeness (QED) is 0.690. The Balaban J connectivity index is 2.58. The van der Waals surface area contributed by atoms with E-state index in [-0.39, 0.29) is 0 Å². The van der Waals surface area contributed by atoms with Crippen molar-refractivity contribution in [2.45, 2.75) is 51.3 Å². The molecule has 1 heterocycles. The van der Waals surface area contributed by atoms with Crippen molar-refractivity contribution < 1.29 is 0 Å². The maximum atomic E-state index is 2.63. The maximum absolute atomic E-state index is 2.63. The van der Waals surface area contributed by atoms with Crippen molar-refractivity contribution in [3.05, 3.63) is 0 Å². The molecular formula is C11H23NS. The summed E-state index contributed by atoms with van der Waals surface area (Å²) in [5.41, 5.74) is 0. The maximum Gasteiger partial charge on any atom is 0.0282 e. The Morgan fingerprint density at radius 1 is 1.31 bits per heavy atom. The molecule has 1 aliphatic rings. The van der Waals surface area contributed by atoms with Gasteiger partial charge in [0, 0.05) is 29.6 Å². The fraction of sp³-hybridized carbons (Fsp3) is 1.00. The minimum Gasteiger partial charge on any atom is -0.299 e. The van der Waals surface area contributed by atoms with Gasteiger partial charge in [-0.2, -0.15) is 11.8 Å². The van der Waals surface area contributed by atoms with Gasteiger partial charge in [-0.05, 0) is 26.7 Å². The highest BCUT2D eigenvalue weighted by atomic mass is 32.2. The summed E-state index contributed by atoms with van der Waals surface area (Å²) in [5, 5.41) is 0. The van der Waals surface area contributed by atoms with E-state index in [2.05, 4.69) is 44.4 Å². The van der Waals surface area contributed by atoms with Crippen LogP contribution in [0.5, 0.6) is 0 Å². The molecule has 1 fully saturated rings. The van der Waals surface area contributed by atoms with Crippen LogP contribution in [0.2, 0.25) is 0 Å². The van der Waals surface area contributed by atoms with Gasteiger partial charge in [0.05, 0.1) is 0 Å². The van der Waals surface area contributed by atoms with E-state index < -0.39 is 0 Å². The second-order valence-corrected chi connectivity index (χ2v) is 5.87. The average Bonchev–Trinajstić information content (AvgIpc) is 2.18. The molecule has 1 nitrogen and oxygen atoms in total. The van der Waals surface area contributed by atoms with Gasteiger partial charge in [0.1, 0.15) is 0 Å². The predicted octanol–water partition coefficient (Wildman–Crippen LogP) is 3.00. The molecule has 1 saturated heterocycles. The van der Waals surface area contributed by atoms with Gasteiger partial charge in [-0.1, -0.05) is 13.8 Å². The molecule has 78 valence electrons. The van der Waals surface area contributed by atoms with Crippen LogP contribution in [0.1, 0.15) is 40.5 Å². The van der Waals surface area contributed by atoms with Crippen molar-refractivity contribution in [1.82, 2.24) is 4.90 Å². The highest BCUT2D eigenvalue weighted by Crippen LogP contribution is 2.36. The van der Waals surface area contributed by atoms with Crippen molar-refractivity contribution in [2.75, 3.05) is 18.8 Å². The molecule has 0 saturated carbocycles. The van der Waals surface area contributed by atoms with Crippen molar-refractivity contribution in [3.8, 4) is 0 Å². The van der Waals surface area contributed by atoms with Crippen LogP contribution < -0.4 is 0 Å². The third kappa shape index (κ3) is 2.63. The molecule has 0 N–H and O–H groups in total. The summed E-state index contributed by atoms with van der Waals surface area (Å²) in [5.74, 6) is 1.32. The summed E-state index contributed by atoms with van der Waals surface area (Å²) in [6, 6.07) is 0.721. The van der Waals surface area contributed by atoms with Crippen LogP contribution in [0.4, 0.5) is 0 Å². The predicted molar refractivity (Wildman–Crippen MR) is 62.5 cm³/mol. The van der Waals surface area contributed by atoms with Gasteiger partial charge >= 0.3 is 0 Å². The molecule has 1 rings (SSSR count). The zero-order valence-electron chi connectivity index (χ0n) is 9.47. The monoisotopic (exact) mass is 201 g/mol. The first-order chi connectivity index (χ1) is 6.13. The van der Waals surface area contributed by atoms with Gasteiger partial charge in [0.25, 0.3) is 0 Å². The summed E-state index contributed by atoms with van der Waals surface area (Å²) in [6.45, 7) is 11.9. The van der Waals surface area contributed by atoms with Crippen molar-refractivity contribution in [2.24, 2.45) is 0 Å². The fourth-order valence-corrected chi connectivity index (χ4v) is 3.42. The molecule has 0 unspecified atom stereocenters. The number of hydrogen-bond acceptors (Lipinski definition) is 2. The Bertz CT molecular complexity index is 152. The summed E-state index contributed by atoms with van der Waals surface area (Å²) < 4.78 is 0.558. The first-order valence-corrected chi connectivity index (χ1v) is 6.50. The smallest absolute Gasteiger partial charge is 0.0282 e. The topological polar surface area (TPSA) is 3.24 Å². The van der Waals surface area contributed by atoms with Gasteiger partial charge < -0.3 is 0 Å². The van der Waals surface area contributed by atoms with Crippen molar-refractivity contribution in [1.29, 1.82) is 0 Å². The molecule has 0 spiro atoms. The second kappa shape index (κ2) is 4.70. The summed E-state index contributed by atoms with van der Waals surface area (Å²) in [6.07, 6.45) is 2.63. The zero-order valence-corrected chi connectivity index (χ0v) is 10.3. The van der Waals surface area contributed by atoms with Crippen LogP contribution in [0.3, 0.4) is 0 Å². The van der Waals surface area contributed by atoms with Gasteiger partial charge in [-0.3, -0.25) is 4.90 Å². The Morgan fingerprint density at radius 2 is 1.92 bits per heavy atom. The van der Waals surface area contributed by atoms with Crippen LogP contribution in [0, 0.1) is 0 Å². The third-order valence-corrected chi connectivity index (χ3v) is 5.00. The van der Waals surface area contributed by atoms with Crippen molar-refractivity contribution in [3.63, 3.8) is 0 Å². The first-order valence-electron chi connectivity index (χ1n) is 5.51. The normalized spacial score (nSPS) is 23.8. The van der Waals surface area contributed by atoms with E-state index in [1.54, 1.807) is 0 Å². The molecule has 2 heteroatoms. The van der Waals surface area contributed by atoms with Gasteiger partial charge in [-0.25, -0.2) is 0 Å². The van der Waals surface area contributed by atoms with E-state index in [1.165, 1.54) is 31.7 Å². The van der Waals surface area contributed by atoms with Crippen LogP contribution in [-0.2, 0) is 0 Å².